The van der Waals surface area contributed by atoms with Gasteiger partial charge in [-0.25, -0.2) is 9.18 Å². The van der Waals surface area contributed by atoms with Crippen LogP contribution in [0.4, 0.5) is 14.9 Å². The zero-order valence-electron chi connectivity index (χ0n) is 17.5. The molecule has 166 valence electrons. The predicted molar refractivity (Wildman–Crippen MR) is 115 cm³/mol. The van der Waals surface area contributed by atoms with Crippen LogP contribution >= 0.6 is 0 Å². The number of nitrogens with zero attached hydrogens (tertiary/aromatic N) is 2. The number of anilines is 1. The number of urea groups is 1. The van der Waals surface area contributed by atoms with Crippen LogP contribution in [0.2, 0.25) is 0 Å². The number of pyridine rings is 1. The Balaban J connectivity index is 1.54. The highest BCUT2D eigenvalue weighted by molar-refractivity contribution is 5.94. The van der Waals surface area contributed by atoms with Crippen LogP contribution in [-0.4, -0.2) is 54.8 Å². The summed E-state index contributed by atoms with van der Waals surface area (Å²) in [6.07, 6.45) is 3.28. The number of hydrogen-bond donors (Lipinski definition) is 2. The van der Waals surface area contributed by atoms with Crippen molar-refractivity contribution in [2.45, 2.75) is 19.4 Å². The first kappa shape index (κ1) is 22.5. The smallest absolute Gasteiger partial charge is 0.319 e. The number of ether oxygens (including phenoxy) is 1. The fraction of sp³-hybridized carbons (Fsp3) is 0.409. The Bertz CT molecular complexity index is 978. The highest BCUT2D eigenvalue weighted by Crippen LogP contribution is 2.18. The number of carbonyl (C=O) groups is 2. The molecule has 0 spiro atoms. The first-order valence-electron chi connectivity index (χ1n) is 10.3. The highest BCUT2D eigenvalue weighted by atomic mass is 19.1. The molecular weight excluding hydrogens is 403 g/mol. The zero-order chi connectivity index (χ0) is 22.2. The van der Waals surface area contributed by atoms with Crippen molar-refractivity contribution < 1.29 is 18.7 Å². The second kappa shape index (κ2) is 10.7. The average Bonchev–Trinajstić information content (AvgIpc) is 2.77. The number of aromatic nitrogens is 1. The molecule has 31 heavy (non-hydrogen) atoms. The van der Waals surface area contributed by atoms with E-state index in [1.54, 1.807) is 30.3 Å². The zero-order valence-corrected chi connectivity index (χ0v) is 17.5. The van der Waals surface area contributed by atoms with E-state index in [-0.39, 0.29) is 17.4 Å². The van der Waals surface area contributed by atoms with Crippen LogP contribution in [-0.2, 0) is 11.3 Å². The molecule has 9 heteroatoms. The first-order chi connectivity index (χ1) is 15.0. The second-order valence-electron chi connectivity index (χ2n) is 7.55. The summed E-state index contributed by atoms with van der Waals surface area (Å²) >= 11 is 0. The molecule has 3 amide bonds. The minimum absolute atomic E-state index is 0.107. The molecule has 1 aromatic heterocycles. The van der Waals surface area contributed by atoms with Crippen LogP contribution in [0, 0.1) is 11.7 Å². The number of carbonyl (C=O) groups excluding carboxylic acids is 2. The predicted octanol–water partition coefficient (Wildman–Crippen LogP) is 2.31. The highest BCUT2D eigenvalue weighted by Gasteiger charge is 2.25. The minimum Gasteiger partial charge on any atom is -0.383 e. The first-order valence-corrected chi connectivity index (χ1v) is 10.3. The minimum atomic E-state index is -0.423. The maximum absolute atomic E-state index is 13.2. The van der Waals surface area contributed by atoms with Crippen LogP contribution in [0.25, 0.3) is 0 Å². The molecule has 3 rings (SSSR count). The van der Waals surface area contributed by atoms with Gasteiger partial charge < -0.3 is 24.8 Å². The number of rotatable bonds is 7. The molecule has 0 radical (unpaired) electrons. The summed E-state index contributed by atoms with van der Waals surface area (Å²) < 4.78 is 19.7. The van der Waals surface area contributed by atoms with E-state index in [0.717, 1.165) is 12.8 Å². The lowest BCUT2D eigenvalue weighted by Crippen LogP contribution is -2.44. The van der Waals surface area contributed by atoms with E-state index in [1.165, 1.54) is 28.8 Å². The summed E-state index contributed by atoms with van der Waals surface area (Å²) in [6.45, 7) is 2.30. The summed E-state index contributed by atoms with van der Waals surface area (Å²) in [5.74, 6) is -0.455. The Morgan fingerprint density at radius 3 is 2.87 bits per heavy atom. The third-order valence-electron chi connectivity index (χ3n) is 5.21. The monoisotopic (exact) mass is 430 g/mol. The van der Waals surface area contributed by atoms with Crippen molar-refractivity contribution in [3.63, 3.8) is 0 Å². The summed E-state index contributed by atoms with van der Waals surface area (Å²) in [5.41, 5.74) is 0.647. The number of amides is 3. The van der Waals surface area contributed by atoms with Crippen LogP contribution in [0.15, 0.2) is 47.4 Å². The Morgan fingerprint density at radius 2 is 2.10 bits per heavy atom. The lowest BCUT2D eigenvalue weighted by Gasteiger charge is -2.33. The van der Waals surface area contributed by atoms with Crippen LogP contribution < -0.4 is 16.2 Å². The molecule has 2 aromatic rings. The summed E-state index contributed by atoms with van der Waals surface area (Å²) in [5, 5.41) is 5.39. The number of nitrogens with one attached hydrogen (secondary N) is 2. The van der Waals surface area contributed by atoms with E-state index < -0.39 is 11.8 Å². The van der Waals surface area contributed by atoms with Gasteiger partial charge in [-0.2, -0.15) is 0 Å². The van der Waals surface area contributed by atoms with Crippen molar-refractivity contribution in [3.05, 3.63) is 64.3 Å². The largest absolute Gasteiger partial charge is 0.383 e. The van der Waals surface area contributed by atoms with E-state index in [2.05, 4.69) is 10.6 Å². The van der Waals surface area contributed by atoms with Crippen LogP contribution in [0.1, 0.15) is 23.2 Å². The second-order valence-corrected chi connectivity index (χ2v) is 7.55. The molecule has 1 atom stereocenters. The molecular formula is C22H27FN4O4. The van der Waals surface area contributed by atoms with Crippen LogP contribution in [0.3, 0.4) is 0 Å². The maximum Gasteiger partial charge on any atom is 0.319 e. The molecule has 0 saturated carbocycles. The van der Waals surface area contributed by atoms with Gasteiger partial charge in [0.1, 0.15) is 5.82 Å². The molecule has 1 aliphatic rings. The summed E-state index contributed by atoms with van der Waals surface area (Å²) in [4.78, 5) is 38.7. The molecule has 0 bridgehead atoms. The van der Waals surface area contributed by atoms with E-state index in [9.17, 15) is 18.8 Å². The average molecular weight is 430 g/mol. The number of hydrogen-bond acceptors (Lipinski definition) is 4. The van der Waals surface area contributed by atoms with Crippen molar-refractivity contribution in [3.8, 4) is 0 Å². The van der Waals surface area contributed by atoms with Gasteiger partial charge in [0.15, 0.2) is 0 Å². The van der Waals surface area contributed by atoms with Crippen molar-refractivity contribution >= 4 is 17.6 Å². The Morgan fingerprint density at radius 1 is 1.26 bits per heavy atom. The van der Waals surface area contributed by atoms with E-state index in [4.69, 9.17) is 4.74 Å². The van der Waals surface area contributed by atoms with E-state index in [0.29, 0.717) is 44.0 Å². The molecule has 8 nitrogen and oxygen atoms in total. The fourth-order valence-corrected chi connectivity index (χ4v) is 3.60. The molecule has 1 saturated heterocycles. The van der Waals surface area contributed by atoms with Gasteiger partial charge in [0, 0.05) is 51.2 Å². The third kappa shape index (κ3) is 6.39. The topological polar surface area (TPSA) is 92.7 Å². The Hall–Kier alpha value is -3.20. The lowest BCUT2D eigenvalue weighted by molar-refractivity contribution is 0.0674. The third-order valence-corrected chi connectivity index (χ3v) is 5.21. The molecule has 1 fully saturated rings. The molecule has 1 aliphatic heterocycles. The number of methoxy groups -OCH3 is 1. The summed E-state index contributed by atoms with van der Waals surface area (Å²) in [7, 11) is 1.56. The normalized spacial score (nSPS) is 16.1. The van der Waals surface area contributed by atoms with Gasteiger partial charge in [-0.05, 0) is 43.0 Å². The van der Waals surface area contributed by atoms with Gasteiger partial charge >= 0.3 is 6.03 Å². The number of likely N-dealkylation sites (tertiary alicyclic amines) is 1. The molecule has 1 unspecified atom stereocenters. The Labute approximate surface area is 180 Å². The maximum atomic E-state index is 13.2. The van der Waals surface area contributed by atoms with Crippen molar-refractivity contribution in [1.29, 1.82) is 0 Å². The lowest BCUT2D eigenvalue weighted by atomic mass is 9.97. The molecule has 2 heterocycles. The van der Waals surface area contributed by atoms with E-state index >= 15 is 0 Å². The SMILES string of the molecule is COCCn1cc(C(=O)N2CCCC(CNC(=O)Nc3cccc(F)c3)C2)ccc1=O. The van der Waals surface area contributed by atoms with Gasteiger partial charge in [-0.15, -0.1) is 0 Å². The molecule has 2 N–H and O–H groups in total. The van der Waals surface area contributed by atoms with Gasteiger partial charge in [-0.3, -0.25) is 9.59 Å². The summed E-state index contributed by atoms with van der Waals surface area (Å²) in [6, 6.07) is 8.20. The van der Waals surface area contributed by atoms with Gasteiger partial charge in [0.05, 0.1) is 12.2 Å². The van der Waals surface area contributed by atoms with Crippen molar-refractivity contribution in [1.82, 2.24) is 14.8 Å². The van der Waals surface area contributed by atoms with Crippen molar-refractivity contribution in [2.75, 3.05) is 38.7 Å². The Kier molecular flexibility index (Phi) is 7.77. The van der Waals surface area contributed by atoms with Gasteiger partial charge in [0.25, 0.3) is 11.5 Å². The number of benzene rings is 1. The number of halogens is 1. The van der Waals surface area contributed by atoms with Gasteiger partial charge in [0.2, 0.25) is 0 Å². The van der Waals surface area contributed by atoms with Crippen molar-refractivity contribution in [2.24, 2.45) is 5.92 Å². The molecule has 1 aromatic carbocycles. The fourth-order valence-electron chi connectivity index (χ4n) is 3.60. The van der Waals surface area contributed by atoms with Crippen LogP contribution in [0.5, 0.6) is 0 Å². The molecule has 0 aliphatic carbocycles. The standard InChI is InChI=1S/C22H27FN4O4/c1-31-11-10-26-15-17(7-8-20(26)28)21(29)27-9-3-4-16(14-27)13-24-22(30)25-19-6-2-5-18(23)12-19/h2,5-8,12,15-16H,3-4,9-11,13-14H2,1H3,(H2,24,25,30). The van der Waals surface area contributed by atoms with Gasteiger partial charge in [-0.1, -0.05) is 6.07 Å². The number of piperidine rings is 1. The van der Waals surface area contributed by atoms with E-state index in [1.807, 2.05) is 0 Å². The quantitative estimate of drug-likeness (QED) is 0.705.